The molecule has 2 aliphatic heterocycles. The van der Waals surface area contributed by atoms with E-state index in [9.17, 15) is 9.59 Å². The van der Waals surface area contributed by atoms with Crippen molar-refractivity contribution in [1.29, 1.82) is 0 Å². The molecule has 2 amide bonds. The lowest BCUT2D eigenvalue weighted by Gasteiger charge is -2.36. The first-order chi connectivity index (χ1) is 15.2. The first-order valence-corrected chi connectivity index (χ1v) is 11.3. The topological polar surface area (TPSA) is 87.5 Å². The fourth-order valence-corrected chi connectivity index (χ4v) is 4.46. The standard InChI is InChI=1S/C22H31N7O2/c30-21(28-16-14-26(15-17-28)20-4-2-1-3-5-20)7-6-19-8-11-27(12-9-19)22(31)10-13-29-18-23-24-25-29/h1-5,18-19H,6-17H2. The van der Waals surface area contributed by atoms with Crippen LogP contribution in [0.4, 0.5) is 5.69 Å². The largest absolute Gasteiger partial charge is 0.368 e. The second kappa shape index (κ2) is 10.4. The minimum absolute atomic E-state index is 0.154. The Balaban J connectivity index is 1.12. The quantitative estimate of drug-likeness (QED) is 0.667. The number of hydrogen-bond donors (Lipinski definition) is 0. The Bertz CT molecular complexity index is 827. The van der Waals surface area contributed by atoms with Gasteiger partial charge >= 0.3 is 0 Å². The van der Waals surface area contributed by atoms with Crippen LogP contribution in [-0.2, 0) is 16.1 Å². The fourth-order valence-electron chi connectivity index (χ4n) is 4.46. The van der Waals surface area contributed by atoms with Crippen LogP contribution in [0.5, 0.6) is 0 Å². The van der Waals surface area contributed by atoms with Crippen LogP contribution >= 0.6 is 0 Å². The maximum atomic E-state index is 12.7. The van der Waals surface area contributed by atoms with Gasteiger partial charge < -0.3 is 14.7 Å². The van der Waals surface area contributed by atoms with Gasteiger partial charge in [-0.3, -0.25) is 9.59 Å². The fraction of sp³-hybridized carbons (Fsp3) is 0.591. The summed E-state index contributed by atoms with van der Waals surface area (Å²) in [4.78, 5) is 31.3. The molecule has 31 heavy (non-hydrogen) atoms. The Kier molecular flexibility index (Phi) is 7.11. The van der Waals surface area contributed by atoms with Crippen LogP contribution in [0.25, 0.3) is 0 Å². The second-order valence-electron chi connectivity index (χ2n) is 8.39. The molecule has 0 aliphatic carbocycles. The molecule has 2 fully saturated rings. The molecule has 2 aromatic rings. The van der Waals surface area contributed by atoms with E-state index in [1.165, 1.54) is 12.0 Å². The van der Waals surface area contributed by atoms with Crippen molar-refractivity contribution in [1.82, 2.24) is 30.0 Å². The van der Waals surface area contributed by atoms with Gasteiger partial charge in [-0.25, -0.2) is 4.68 Å². The first kappa shape index (κ1) is 21.3. The Labute approximate surface area is 183 Å². The number of rotatable bonds is 7. The molecule has 4 rings (SSSR count). The molecule has 0 N–H and O–H groups in total. The number of likely N-dealkylation sites (tertiary alicyclic amines) is 1. The minimum atomic E-state index is 0.154. The van der Waals surface area contributed by atoms with Crippen LogP contribution in [0.1, 0.15) is 32.1 Å². The molecule has 0 bridgehead atoms. The Hall–Kier alpha value is -2.97. The van der Waals surface area contributed by atoms with Crippen molar-refractivity contribution in [3.63, 3.8) is 0 Å². The van der Waals surface area contributed by atoms with E-state index in [0.717, 1.165) is 58.5 Å². The van der Waals surface area contributed by atoms with Crippen molar-refractivity contribution >= 4 is 17.5 Å². The number of benzene rings is 1. The highest BCUT2D eigenvalue weighted by Crippen LogP contribution is 2.23. The number of amides is 2. The van der Waals surface area contributed by atoms with E-state index >= 15 is 0 Å². The van der Waals surface area contributed by atoms with Crippen LogP contribution in [0.15, 0.2) is 36.7 Å². The third kappa shape index (κ3) is 5.80. The number of para-hydroxylation sites is 1. The number of anilines is 1. The SMILES string of the molecule is O=C(CCn1cnnn1)N1CCC(CCC(=O)N2CCN(c3ccccc3)CC2)CC1. The molecule has 9 heteroatoms. The molecular formula is C22H31N7O2. The van der Waals surface area contributed by atoms with Gasteiger partial charge in [0.15, 0.2) is 0 Å². The molecule has 0 saturated carbocycles. The van der Waals surface area contributed by atoms with Crippen LogP contribution in [-0.4, -0.2) is 81.1 Å². The molecule has 0 spiro atoms. The van der Waals surface area contributed by atoms with E-state index in [1.54, 1.807) is 4.68 Å². The van der Waals surface area contributed by atoms with Gasteiger partial charge in [-0.15, -0.1) is 5.10 Å². The highest BCUT2D eigenvalue weighted by molar-refractivity contribution is 5.77. The summed E-state index contributed by atoms with van der Waals surface area (Å²) in [5, 5.41) is 11.0. The average Bonchev–Trinajstić information content (AvgIpc) is 3.36. The van der Waals surface area contributed by atoms with Crippen molar-refractivity contribution in [2.24, 2.45) is 5.92 Å². The summed E-state index contributed by atoms with van der Waals surface area (Å²) in [6.45, 7) is 5.44. The zero-order chi connectivity index (χ0) is 21.5. The van der Waals surface area contributed by atoms with Gasteiger partial charge in [-0.05, 0) is 47.7 Å². The molecule has 1 aromatic heterocycles. The Morgan fingerprint density at radius 3 is 2.23 bits per heavy atom. The number of carbonyl (C=O) groups excluding carboxylic acids is 2. The number of piperidine rings is 1. The number of nitrogens with zero attached hydrogens (tertiary/aromatic N) is 7. The van der Waals surface area contributed by atoms with Crippen LogP contribution in [0.3, 0.4) is 0 Å². The molecule has 3 heterocycles. The van der Waals surface area contributed by atoms with E-state index in [2.05, 4.69) is 44.7 Å². The maximum Gasteiger partial charge on any atom is 0.224 e. The van der Waals surface area contributed by atoms with Gasteiger partial charge in [0, 0.05) is 57.8 Å². The number of piperazine rings is 1. The van der Waals surface area contributed by atoms with Crippen molar-refractivity contribution < 1.29 is 9.59 Å². The van der Waals surface area contributed by atoms with E-state index in [1.807, 2.05) is 15.9 Å². The molecule has 166 valence electrons. The summed E-state index contributed by atoms with van der Waals surface area (Å²) in [6, 6.07) is 10.4. The Morgan fingerprint density at radius 2 is 1.55 bits per heavy atom. The predicted molar refractivity (Wildman–Crippen MR) is 116 cm³/mol. The summed E-state index contributed by atoms with van der Waals surface area (Å²) >= 11 is 0. The smallest absolute Gasteiger partial charge is 0.224 e. The first-order valence-electron chi connectivity index (χ1n) is 11.3. The van der Waals surface area contributed by atoms with Crippen molar-refractivity contribution in [2.45, 2.75) is 38.6 Å². The number of aryl methyl sites for hydroxylation is 1. The van der Waals surface area contributed by atoms with Gasteiger partial charge in [0.25, 0.3) is 0 Å². The lowest BCUT2D eigenvalue weighted by molar-refractivity contribution is -0.134. The van der Waals surface area contributed by atoms with E-state index in [4.69, 9.17) is 0 Å². The van der Waals surface area contributed by atoms with Crippen LogP contribution < -0.4 is 4.90 Å². The lowest BCUT2D eigenvalue weighted by Crippen LogP contribution is -2.48. The van der Waals surface area contributed by atoms with E-state index in [-0.39, 0.29) is 11.8 Å². The minimum Gasteiger partial charge on any atom is -0.368 e. The zero-order valence-corrected chi connectivity index (χ0v) is 18.0. The molecular weight excluding hydrogens is 394 g/mol. The number of tetrazole rings is 1. The number of carbonyl (C=O) groups is 2. The number of aromatic nitrogens is 4. The molecule has 0 unspecified atom stereocenters. The van der Waals surface area contributed by atoms with Gasteiger partial charge in [0.05, 0.1) is 6.54 Å². The monoisotopic (exact) mass is 425 g/mol. The van der Waals surface area contributed by atoms with Crippen molar-refractivity contribution in [2.75, 3.05) is 44.2 Å². The highest BCUT2D eigenvalue weighted by Gasteiger charge is 2.25. The average molecular weight is 426 g/mol. The van der Waals surface area contributed by atoms with Crippen molar-refractivity contribution in [3.8, 4) is 0 Å². The summed E-state index contributed by atoms with van der Waals surface area (Å²) < 4.78 is 1.58. The summed E-state index contributed by atoms with van der Waals surface area (Å²) in [5.41, 5.74) is 1.23. The molecule has 2 saturated heterocycles. The number of hydrogen-bond acceptors (Lipinski definition) is 6. The molecule has 2 aliphatic rings. The normalized spacial score (nSPS) is 17.7. The Morgan fingerprint density at radius 1 is 0.871 bits per heavy atom. The summed E-state index contributed by atoms with van der Waals surface area (Å²) in [6.07, 6.45) is 5.44. The zero-order valence-electron chi connectivity index (χ0n) is 18.0. The lowest BCUT2D eigenvalue weighted by atomic mass is 9.91. The van der Waals surface area contributed by atoms with Gasteiger partial charge in [0.2, 0.25) is 11.8 Å². The highest BCUT2D eigenvalue weighted by atomic mass is 16.2. The van der Waals surface area contributed by atoms with E-state index < -0.39 is 0 Å². The van der Waals surface area contributed by atoms with E-state index in [0.29, 0.717) is 25.3 Å². The third-order valence-electron chi connectivity index (χ3n) is 6.43. The van der Waals surface area contributed by atoms with Crippen LogP contribution in [0, 0.1) is 5.92 Å². The second-order valence-corrected chi connectivity index (χ2v) is 8.39. The van der Waals surface area contributed by atoms with Crippen LogP contribution in [0.2, 0.25) is 0 Å². The van der Waals surface area contributed by atoms with Gasteiger partial charge in [-0.2, -0.15) is 0 Å². The maximum absolute atomic E-state index is 12.7. The predicted octanol–water partition coefficient (Wildman–Crippen LogP) is 1.43. The summed E-state index contributed by atoms with van der Waals surface area (Å²) in [7, 11) is 0. The van der Waals surface area contributed by atoms with Gasteiger partial charge in [-0.1, -0.05) is 18.2 Å². The molecule has 0 atom stereocenters. The van der Waals surface area contributed by atoms with Crippen molar-refractivity contribution in [3.05, 3.63) is 36.7 Å². The summed E-state index contributed by atoms with van der Waals surface area (Å²) in [5.74, 6) is 0.951. The molecule has 1 aromatic carbocycles. The third-order valence-corrected chi connectivity index (χ3v) is 6.43. The molecule has 9 nitrogen and oxygen atoms in total. The van der Waals surface area contributed by atoms with Gasteiger partial charge in [0.1, 0.15) is 6.33 Å². The molecule has 0 radical (unpaired) electrons.